The minimum absolute atomic E-state index is 0.00957. The van der Waals surface area contributed by atoms with Gasteiger partial charge >= 0.3 is 0 Å². The number of Topliss-reactive ketones (excluding diaryl/α,β-unsaturated/α-hetero) is 1. The Balaban J connectivity index is 2.04. The maximum Gasteiger partial charge on any atom is 0.203 e. The third kappa shape index (κ3) is 3.43. The first-order valence-corrected chi connectivity index (χ1v) is 8.00. The molecule has 0 unspecified atom stereocenters. The largest absolute Gasteiger partial charge is 0.497 e. The molecule has 2 aromatic heterocycles. The predicted molar refractivity (Wildman–Crippen MR) is 93.0 cm³/mol. The number of carbonyl (C=O) groups is 1. The Kier molecular flexibility index (Phi) is 4.44. The highest BCUT2D eigenvalue weighted by atomic mass is 32.1. The van der Waals surface area contributed by atoms with Crippen molar-refractivity contribution in [1.29, 1.82) is 0 Å². The highest BCUT2D eigenvalue weighted by molar-refractivity contribution is 7.14. The van der Waals surface area contributed by atoms with Gasteiger partial charge in [-0.25, -0.2) is 0 Å². The van der Waals surface area contributed by atoms with Gasteiger partial charge in [-0.15, -0.1) is 11.3 Å². The number of carbonyl (C=O) groups excluding carboxylic acids is 1. The van der Waals surface area contributed by atoms with E-state index in [1.54, 1.807) is 25.5 Å². The monoisotopic (exact) mass is 324 g/mol. The number of benzene rings is 1. The van der Waals surface area contributed by atoms with Crippen molar-refractivity contribution in [2.24, 2.45) is 0 Å². The molecule has 0 bridgehead atoms. The lowest BCUT2D eigenvalue weighted by molar-refractivity contribution is 0.106. The van der Waals surface area contributed by atoms with Crippen LogP contribution in [-0.4, -0.2) is 12.9 Å². The van der Waals surface area contributed by atoms with Gasteiger partial charge in [-0.05, 0) is 55.0 Å². The Labute approximate surface area is 138 Å². The Morgan fingerprint density at radius 3 is 2.48 bits per heavy atom. The molecule has 0 atom stereocenters. The van der Waals surface area contributed by atoms with Crippen LogP contribution in [-0.2, 0) is 0 Å². The second-order valence-electron chi connectivity index (χ2n) is 5.04. The summed E-state index contributed by atoms with van der Waals surface area (Å²) in [5, 5.41) is 0. The number of thiophene rings is 1. The average molecular weight is 324 g/mol. The van der Waals surface area contributed by atoms with Crippen LogP contribution in [0.15, 0.2) is 59.2 Å². The molecule has 2 heterocycles. The van der Waals surface area contributed by atoms with Crippen LogP contribution in [0.5, 0.6) is 5.75 Å². The van der Waals surface area contributed by atoms with Crippen molar-refractivity contribution in [2.45, 2.75) is 6.92 Å². The molecule has 0 aliphatic rings. The van der Waals surface area contributed by atoms with Gasteiger partial charge < -0.3 is 9.15 Å². The molecule has 1 aromatic carbocycles. The van der Waals surface area contributed by atoms with E-state index >= 15 is 0 Å². The first-order chi connectivity index (χ1) is 11.2. The van der Waals surface area contributed by atoms with Crippen molar-refractivity contribution in [3.05, 3.63) is 75.9 Å². The molecule has 0 spiro atoms. The molecule has 0 N–H and O–H groups in total. The molecule has 4 heteroatoms. The molecule has 3 rings (SSSR count). The topological polar surface area (TPSA) is 39.4 Å². The number of methoxy groups -OCH3 is 1. The second-order valence-corrected chi connectivity index (χ2v) is 6.33. The summed E-state index contributed by atoms with van der Waals surface area (Å²) in [6, 6.07) is 14.9. The highest BCUT2D eigenvalue weighted by Crippen LogP contribution is 2.28. The standard InChI is InChI=1S/C19H16O3S/c1-13-5-10-18(23-13)19(20)17(12-16-4-3-11-22-16)14-6-8-15(21-2)9-7-14/h3-12H,1-2H3/b17-12-. The number of hydrogen-bond donors (Lipinski definition) is 0. The molecule has 0 amide bonds. The van der Waals surface area contributed by atoms with Gasteiger partial charge in [-0.2, -0.15) is 0 Å². The fourth-order valence-electron chi connectivity index (χ4n) is 2.26. The van der Waals surface area contributed by atoms with Gasteiger partial charge in [-0.3, -0.25) is 4.79 Å². The number of ether oxygens (including phenoxy) is 1. The van der Waals surface area contributed by atoms with E-state index in [1.807, 2.05) is 49.4 Å². The van der Waals surface area contributed by atoms with Crippen LogP contribution >= 0.6 is 11.3 Å². The highest BCUT2D eigenvalue weighted by Gasteiger charge is 2.17. The number of allylic oxidation sites excluding steroid dienone is 1. The van der Waals surface area contributed by atoms with E-state index in [0.717, 1.165) is 21.1 Å². The molecular weight excluding hydrogens is 308 g/mol. The smallest absolute Gasteiger partial charge is 0.203 e. The number of rotatable bonds is 5. The lowest BCUT2D eigenvalue weighted by atomic mass is 9.99. The van der Waals surface area contributed by atoms with E-state index in [1.165, 1.54) is 11.3 Å². The Hall–Kier alpha value is -2.59. The molecule has 3 nitrogen and oxygen atoms in total. The summed E-state index contributed by atoms with van der Waals surface area (Å²) >= 11 is 1.49. The number of ketones is 1. The van der Waals surface area contributed by atoms with E-state index in [4.69, 9.17) is 9.15 Å². The number of hydrogen-bond acceptors (Lipinski definition) is 4. The van der Waals surface area contributed by atoms with Gasteiger partial charge in [-0.1, -0.05) is 12.1 Å². The fourth-order valence-corrected chi connectivity index (χ4v) is 3.08. The molecule has 0 fully saturated rings. The fraction of sp³-hybridized carbons (Fsp3) is 0.105. The summed E-state index contributed by atoms with van der Waals surface area (Å²) in [5.74, 6) is 1.40. The van der Waals surface area contributed by atoms with Crippen molar-refractivity contribution in [3.8, 4) is 5.75 Å². The Morgan fingerprint density at radius 1 is 1.13 bits per heavy atom. The minimum atomic E-state index is -0.00957. The molecular formula is C19H16O3S. The van der Waals surface area contributed by atoms with Crippen LogP contribution < -0.4 is 4.74 Å². The van der Waals surface area contributed by atoms with Crippen LogP contribution in [0.2, 0.25) is 0 Å². The minimum Gasteiger partial charge on any atom is -0.497 e. The maximum atomic E-state index is 12.9. The van der Waals surface area contributed by atoms with Crippen LogP contribution in [0.4, 0.5) is 0 Å². The van der Waals surface area contributed by atoms with Gasteiger partial charge in [0.2, 0.25) is 5.78 Å². The Bertz CT molecular complexity index is 824. The van der Waals surface area contributed by atoms with Crippen molar-refractivity contribution < 1.29 is 13.9 Å². The second kappa shape index (κ2) is 6.67. The van der Waals surface area contributed by atoms with E-state index in [0.29, 0.717) is 11.3 Å². The van der Waals surface area contributed by atoms with Gasteiger partial charge in [0.1, 0.15) is 11.5 Å². The van der Waals surface area contributed by atoms with Crippen molar-refractivity contribution >= 4 is 28.8 Å². The molecule has 0 saturated carbocycles. The molecule has 0 saturated heterocycles. The van der Waals surface area contributed by atoms with Crippen LogP contribution in [0.1, 0.15) is 25.9 Å². The molecule has 0 radical (unpaired) electrons. The summed E-state index contributed by atoms with van der Waals surface area (Å²) in [4.78, 5) is 14.7. The van der Waals surface area contributed by atoms with Crippen molar-refractivity contribution in [3.63, 3.8) is 0 Å². The first kappa shape index (κ1) is 15.3. The summed E-state index contributed by atoms with van der Waals surface area (Å²) in [5.41, 5.74) is 1.43. The molecule has 23 heavy (non-hydrogen) atoms. The van der Waals surface area contributed by atoms with Gasteiger partial charge in [0.05, 0.1) is 18.3 Å². The van der Waals surface area contributed by atoms with Gasteiger partial charge in [0, 0.05) is 10.5 Å². The molecule has 0 aliphatic carbocycles. The zero-order chi connectivity index (χ0) is 16.2. The summed E-state index contributed by atoms with van der Waals surface area (Å²) in [7, 11) is 1.62. The van der Waals surface area contributed by atoms with E-state index < -0.39 is 0 Å². The maximum absolute atomic E-state index is 12.9. The number of aryl methyl sites for hydroxylation is 1. The van der Waals surface area contributed by atoms with E-state index in [-0.39, 0.29) is 5.78 Å². The van der Waals surface area contributed by atoms with Crippen molar-refractivity contribution in [2.75, 3.05) is 7.11 Å². The lowest BCUT2D eigenvalue weighted by Crippen LogP contribution is -2.00. The van der Waals surface area contributed by atoms with Gasteiger partial charge in [0.25, 0.3) is 0 Å². The quantitative estimate of drug-likeness (QED) is 0.485. The normalized spacial score (nSPS) is 11.5. The van der Waals surface area contributed by atoms with E-state index in [2.05, 4.69) is 0 Å². The zero-order valence-corrected chi connectivity index (χ0v) is 13.7. The van der Waals surface area contributed by atoms with Crippen LogP contribution in [0, 0.1) is 6.92 Å². The molecule has 116 valence electrons. The van der Waals surface area contributed by atoms with Gasteiger partial charge in [0.15, 0.2) is 0 Å². The Morgan fingerprint density at radius 2 is 1.91 bits per heavy atom. The molecule has 0 aliphatic heterocycles. The number of furan rings is 1. The van der Waals surface area contributed by atoms with Crippen molar-refractivity contribution in [1.82, 2.24) is 0 Å². The summed E-state index contributed by atoms with van der Waals surface area (Å²) in [6.45, 7) is 1.99. The zero-order valence-electron chi connectivity index (χ0n) is 12.9. The third-order valence-corrected chi connectivity index (χ3v) is 4.44. The lowest BCUT2D eigenvalue weighted by Gasteiger charge is -2.07. The third-order valence-electron chi connectivity index (χ3n) is 3.44. The predicted octanol–water partition coefficient (Wildman–Crippen LogP) is 5.08. The molecule has 3 aromatic rings. The van der Waals surface area contributed by atoms with E-state index in [9.17, 15) is 4.79 Å². The average Bonchev–Trinajstić information content (AvgIpc) is 3.24. The summed E-state index contributed by atoms with van der Waals surface area (Å²) in [6.07, 6.45) is 3.37. The SMILES string of the molecule is COc1ccc(/C(=C/c2ccco2)C(=O)c2ccc(C)s2)cc1. The van der Waals surface area contributed by atoms with Crippen LogP contribution in [0.3, 0.4) is 0 Å². The summed E-state index contributed by atoms with van der Waals surface area (Å²) < 4.78 is 10.6. The first-order valence-electron chi connectivity index (χ1n) is 7.18. The van der Waals surface area contributed by atoms with Crippen LogP contribution in [0.25, 0.3) is 11.6 Å².